The van der Waals surface area contributed by atoms with E-state index >= 15 is 0 Å². The standard InChI is InChI=1S/C31H31BrF3N10O3P/c1-44-16-18(14-39-44)19-13-23(28(48-2)42-24(19)17-7-11-45(12-8-17)29(46)31(33,34)35)41-30-38-15-20(32)27(43-30)40-22-6-5-21-25(37-10-9-36-21)26(22)49(3,4)47/h5-6,9-10,13-17H,7-8,11-12H2,1-4H3,(H2,38,40,41,43). The maximum atomic E-state index is 13.4. The number of hydrogen-bond donors (Lipinski definition) is 2. The summed E-state index contributed by atoms with van der Waals surface area (Å²) < 4.78 is 60.5. The Morgan fingerprint density at radius 3 is 2.43 bits per heavy atom. The van der Waals surface area contributed by atoms with Gasteiger partial charge in [-0.15, -0.1) is 0 Å². The van der Waals surface area contributed by atoms with Gasteiger partial charge >= 0.3 is 12.1 Å². The lowest BCUT2D eigenvalue weighted by Crippen LogP contribution is -2.45. The van der Waals surface area contributed by atoms with Gasteiger partial charge in [0.25, 0.3) is 0 Å². The molecular formula is C31H31BrF3N10O3P. The van der Waals surface area contributed by atoms with Crippen molar-refractivity contribution in [2.45, 2.75) is 24.9 Å². The lowest BCUT2D eigenvalue weighted by atomic mass is 9.88. The fraction of sp³-hybridized carbons (Fsp3) is 0.323. The van der Waals surface area contributed by atoms with E-state index in [1.807, 2.05) is 12.3 Å². The van der Waals surface area contributed by atoms with Crippen LogP contribution in [0.5, 0.6) is 5.88 Å². The van der Waals surface area contributed by atoms with Gasteiger partial charge in [0.1, 0.15) is 24.2 Å². The van der Waals surface area contributed by atoms with Crippen molar-refractivity contribution in [1.29, 1.82) is 0 Å². The molecule has 1 amide bonds. The molecule has 0 saturated carbocycles. The van der Waals surface area contributed by atoms with E-state index in [-0.39, 0.29) is 43.7 Å². The van der Waals surface area contributed by atoms with Crippen LogP contribution in [0.3, 0.4) is 0 Å². The summed E-state index contributed by atoms with van der Waals surface area (Å²) in [5.41, 5.74) is 4.16. The van der Waals surface area contributed by atoms with Crippen molar-refractivity contribution in [2.24, 2.45) is 7.05 Å². The SMILES string of the molecule is COc1nc(C2CCN(C(=O)C(F)(F)F)CC2)c(-c2cnn(C)c2)cc1Nc1ncc(Br)c(Nc2ccc3nccnc3c2P(C)(C)=O)n1. The number of hydrogen-bond acceptors (Lipinski definition) is 11. The Morgan fingerprint density at radius 2 is 1.78 bits per heavy atom. The Kier molecular flexibility index (Phi) is 9.33. The van der Waals surface area contributed by atoms with Gasteiger partial charge in [-0.1, -0.05) is 0 Å². The van der Waals surface area contributed by atoms with Gasteiger partial charge in [-0.05, 0) is 60.3 Å². The zero-order chi connectivity index (χ0) is 35.1. The molecule has 256 valence electrons. The normalized spacial score (nSPS) is 14.2. The summed E-state index contributed by atoms with van der Waals surface area (Å²) in [4.78, 5) is 35.4. The number of carbonyl (C=O) groups is 1. The zero-order valence-corrected chi connectivity index (χ0v) is 29.3. The molecule has 0 spiro atoms. The van der Waals surface area contributed by atoms with Gasteiger partial charge in [0, 0.05) is 62.0 Å². The summed E-state index contributed by atoms with van der Waals surface area (Å²) in [6.07, 6.45) is 3.81. The molecule has 2 N–H and O–H groups in total. The van der Waals surface area contributed by atoms with Crippen LogP contribution in [0.1, 0.15) is 24.5 Å². The number of benzene rings is 1. The first kappa shape index (κ1) is 34.2. The van der Waals surface area contributed by atoms with Crippen LogP contribution in [0.15, 0.2) is 53.7 Å². The lowest BCUT2D eigenvalue weighted by Gasteiger charge is -2.33. The molecule has 5 aromatic rings. The first-order chi connectivity index (χ1) is 23.2. The Hall–Kier alpha value is -4.63. The number of pyridine rings is 1. The van der Waals surface area contributed by atoms with E-state index in [0.717, 1.165) is 10.5 Å². The molecule has 4 aromatic heterocycles. The van der Waals surface area contributed by atoms with E-state index in [1.165, 1.54) is 7.11 Å². The smallest absolute Gasteiger partial charge is 0.471 e. The summed E-state index contributed by atoms with van der Waals surface area (Å²) in [6.45, 7) is 3.22. The molecule has 0 unspecified atom stereocenters. The van der Waals surface area contributed by atoms with E-state index in [1.54, 1.807) is 62.0 Å². The van der Waals surface area contributed by atoms with Crippen molar-refractivity contribution in [3.8, 4) is 17.0 Å². The quantitative estimate of drug-likeness (QED) is 0.180. The molecule has 1 aliphatic rings. The van der Waals surface area contributed by atoms with Crippen molar-refractivity contribution < 1.29 is 27.3 Å². The van der Waals surface area contributed by atoms with Gasteiger partial charge in [-0.25, -0.2) is 9.97 Å². The summed E-state index contributed by atoms with van der Waals surface area (Å²) in [6, 6.07) is 5.38. The van der Waals surface area contributed by atoms with Gasteiger partial charge in [0.05, 0.1) is 40.0 Å². The molecule has 1 fully saturated rings. The molecule has 0 aliphatic carbocycles. The highest BCUT2D eigenvalue weighted by atomic mass is 79.9. The number of anilines is 4. The number of halogens is 4. The van der Waals surface area contributed by atoms with E-state index in [4.69, 9.17) is 9.72 Å². The van der Waals surface area contributed by atoms with Crippen LogP contribution in [-0.2, 0) is 16.4 Å². The molecular weight excluding hydrogens is 728 g/mol. The number of alkyl halides is 3. The van der Waals surface area contributed by atoms with Crippen molar-refractivity contribution in [3.05, 3.63) is 59.3 Å². The van der Waals surface area contributed by atoms with Crippen LogP contribution in [0.4, 0.5) is 36.3 Å². The number of rotatable bonds is 8. The average Bonchev–Trinajstić information content (AvgIpc) is 3.50. The predicted molar refractivity (Wildman–Crippen MR) is 183 cm³/mol. The highest BCUT2D eigenvalue weighted by molar-refractivity contribution is 9.10. The molecule has 0 radical (unpaired) electrons. The minimum absolute atomic E-state index is 0.0565. The Morgan fingerprint density at radius 1 is 1.04 bits per heavy atom. The van der Waals surface area contributed by atoms with Gasteiger partial charge in [0.2, 0.25) is 11.8 Å². The number of amides is 1. The number of ether oxygens (including phenoxy) is 1. The number of carbonyl (C=O) groups excluding carboxylic acids is 1. The third kappa shape index (κ3) is 7.22. The molecule has 6 rings (SSSR count). The Labute approximate surface area is 287 Å². The molecule has 5 heterocycles. The molecule has 13 nitrogen and oxygen atoms in total. The molecule has 18 heteroatoms. The summed E-state index contributed by atoms with van der Waals surface area (Å²) >= 11 is 3.50. The fourth-order valence-corrected chi connectivity index (χ4v) is 7.51. The van der Waals surface area contributed by atoms with Crippen molar-refractivity contribution in [1.82, 2.24) is 39.6 Å². The molecule has 49 heavy (non-hydrogen) atoms. The summed E-state index contributed by atoms with van der Waals surface area (Å²) in [5, 5.41) is 11.3. The third-order valence-corrected chi connectivity index (χ3v) is 10.1. The number of methoxy groups -OCH3 is 1. The predicted octanol–water partition coefficient (Wildman–Crippen LogP) is 5.99. The molecule has 0 atom stereocenters. The van der Waals surface area contributed by atoms with Crippen LogP contribution in [-0.4, -0.2) is 85.2 Å². The van der Waals surface area contributed by atoms with E-state index < -0.39 is 19.2 Å². The highest BCUT2D eigenvalue weighted by Crippen LogP contribution is 2.42. The van der Waals surface area contributed by atoms with Gasteiger partial charge in [0.15, 0.2) is 0 Å². The molecule has 1 aromatic carbocycles. The van der Waals surface area contributed by atoms with Crippen LogP contribution < -0.4 is 20.7 Å². The molecule has 1 saturated heterocycles. The minimum Gasteiger partial charge on any atom is -0.480 e. The second-order valence-corrected chi connectivity index (χ2v) is 15.8. The Balaban J connectivity index is 1.34. The second-order valence-electron chi connectivity index (χ2n) is 11.8. The van der Waals surface area contributed by atoms with Gasteiger partial charge in [-0.2, -0.15) is 23.3 Å². The lowest BCUT2D eigenvalue weighted by molar-refractivity contribution is -0.186. The van der Waals surface area contributed by atoms with Gasteiger partial charge < -0.3 is 24.8 Å². The Bertz CT molecular complexity index is 2100. The van der Waals surface area contributed by atoms with E-state index in [2.05, 4.69) is 51.6 Å². The molecule has 0 bridgehead atoms. The number of piperidine rings is 1. The van der Waals surface area contributed by atoms with Crippen LogP contribution in [0.25, 0.3) is 22.2 Å². The maximum Gasteiger partial charge on any atom is 0.471 e. The van der Waals surface area contributed by atoms with Crippen molar-refractivity contribution >= 4 is 68.5 Å². The van der Waals surface area contributed by atoms with Crippen LogP contribution in [0.2, 0.25) is 0 Å². The minimum atomic E-state index is -4.92. The number of nitrogens with one attached hydrogen (secondary N) is 2. The van der Waals surface area contributed by atoms with E-state index in [0.29, 0.717) is 49.3 Å². The summed E-state index contributed by atoms with van der Waals surface area (Å²) in [7, 11) is 0.393. The first-order valence-corrected chi connectivity index (χ1v) is 18.4. The largest absolute Gasteiger partial charge is 0.480 e. The number of aromatic nitrogens is 7. The first-order valence-electron chi connectivity index (χ1n) is 15.0. The number of likely N-dealkylation sites (tertiary alicyclic amines) is 1. The summed E-state index contributed by atoms with van der Waals surface area (Å²) in [5.74, 6) is -1.30. The molecule has 1 aliphatic heterocycles. The van der Waals surface area contributed by atoms with Crippen LogP contribution in [0, 0.1) is 0 Å². The highest BCUT2D eigenvalue weighted by Gasteiger charge is 2.43. The maximum absolute atomic E-state index is 13.4. The third-order valence-electron chi connectivity index (χ3n) is 8.03. The van der Waals surface area contributed by atoms with Gasteiger partial charge in [-0.3, -0.25) is 19.4 Å². The zero-order valence-electron chi connectivity index (χ0n) is 26.8. The monoisotopic (exact) mass is 758 g/mol. The topological polar surface area (TPSA) is 153 Å². The van der Waals surface area contributed by atoms with Crippen LogP contribution >= 0.6 is 23.1 Å². The fourth-order valence-electron chi connectivity index (χ4n) is 5.82. The van der Waals surface area contributed by atoms with E-state index in [9.17, 15) is 22.5 Å². The number of aryl methyl sites for hydroxylation is 1. The van der Waals surface area contributed by atoms with Crippen molar-refractivity contribution in [3.63, 3.8) is 0 Å². The van der Waals surface area contributed by atoms with Crippen molar-refractivity contribution in [2.75, 3.05) is 44.2 Å². The average molecular weight is 760 g/mol. The number of fused-ring (bicyclic) bond motifs is 1. The second kappa shape index (κ2) is 13.3. The number of nitrogens with zero attached hydrogens (tertiary/aromatic N) is 8.